The number of benzene rings is 1. The summed E-state index contributed by atoms with van der Waals surface area (Å²) in [6.45, 7) is 0. The van der Waals surface area contributed by atoms with E-state index in [-0.39, 0.29) is 16.4 Å². The second kappa shape index (κ2) is 9.20. The Morgan fingerprint density at radius 3 is 2.34 bits per heavy atom. The molecule has 2 aromatic heterocycles. The van der Waals surface area contributed by atoms with Crippen molar-refractivity contribution in [3.05, 3.63) is 74.1 Å². The Bertz CT molecular complexity index is 1190. The minimum atomic E-state index is -4.67. The molecule has 0 atom stereocenters. The largest absolute Gasteiger partial charge is 0.417 e. The number of halogens is 5. The van der Waals surface area contributed by atoms with Crippen LogP contribution in [-0.4, -0.2) is 25.8 Å². The van der Waals surface area contributed by atoms with Crippen LogP contribution < -0.4 is 16.2 Å². The van der Waals surface area contributed by atoms with Gasteiger partial charge in [0.2, 0.25) is 11.6 Å². The molecule has 0 spiro atoms. The zero-order chi connectivity index (χ0) is 23.5. The summed E-state index contributed by atoms with van der Waals surface area (Å²) < 4.78 is 38.3. The smallest absolute Gasteiger partial charge is 0.318 e. The van der Waals surface area contributed by atoms with Gasteiger partial charge >= 0.3 is 11.9 Å². The lowest BCUT2D eigenvalue weighted by molar-refractivity contribution is -0.383. The number of rotatable bonds is 6. The van der Waals surface area contributed by atoms with E-state index in [1.807, 2.05) is 0 Å². The van der Waals surface area contributed by atoms with Crippen molar-refractivity contribution in [2.24, 2.45) is 0 Å². The number of aromatic nitrogens is 3. The average molecular weight is 488 g/mol. The van der Waals surface area contributed by atoms with Crippen LogP contribution in [0.25, 0.3) is 0 Å². The van der Waals surface area contributed by atoms with Crippen LogP contribution in [0.15, 0.2) is 42.9 Å². The fraction of sp³-hybridized carbons (Fsp3) is 0.0588. The van der Waals surface area contributed by atoms with Crippen LogP contribution in [-0.2, 0) is 6.18 Å². The first-order chi connectivity index (χ1) is 15.1. The molecule has 0 saturated carbocycles. The second-order valence-electron chi connectivity index (χ2n) is 5.91. The number of hydrazine groups is 1. The van der Waals surface area contributed by atoms with Crippen molar-refractivity contribution in [2.45, 2.75) is 6.18 Å². The highest BCUT2D eigenvalue weighted by Gasteiger charge is 2.32. The van der Waals surface area contributed by atoms with E-state index in [0.29, 0.717) is 12.3 Å². The number of pyridine rings is 1. The fourth-order valence-corrected chi connectivity index (χ4v) is 2.80. The molecule has 0 unspecified atom stereocenters. The van der Waals surface area contributed by atoms with Gasteiger partial charge in [0.15, 0.2) is 5.82 Å². The van der Waals surface area contributed by atoms with E-state index in [1.54, 1.807) is 12.1 Å². The molecule has 166 valence electrons. The Hall–Kier alpha value is -3.71. The Morgan fingerprint density at radius 2 is 1.72 bits per heavy atom. The summed E-state index contributed by atoms with van der Waals surface area (Å²) >= 11 is 11.7. The summed E-state index contributed by atoms with van der Waals surface area (Å²) in [6, 6.07) is 6.69. The lowest BCUT2D eigenvalue weighted by atomic mass is 10.2. The molecule has 0 radical (unpaired) electrons. The minimum absolute atomic E-state index is 0.0949. The number of hydrogen-bond donors (Lipinski definition) is 3. The van der Waals surface area contributed by atoms with Gasteiger partial charge in [-0.2, -0.15) is 13.2 Å². The third kappa shape index (κ3) is 5.12. The number of alkyl halides is 3. The Balaban J connectivity index is 1.86. The standard InChI is InChI=1S/C17H10Cl2F3N7O3/c18-10-4-2-1-3-9(10)16(30)28-27-15-12(29(31)32)14(24-7-25-15)26-13-11(19)5-8(6-23-13)17(20,21)22/h1-7H,(H,28,30)(H2,23,24,25,26,27). The molecule has 2 heterocycles. The minimum Gasteiger partial charge on any atom is -0.318 e. The molecule has 0 aliphatic heterocycles. The molecule has 0 aliphatic carbocycles. The number of nitro groups is 1. The molecule has 1 amide bonds. The highest BCUT2D eigenvalue weighted by Crippen LogP contribution is 2.35. The van der Waals surface area contributed by atoms with Crippen LogP contribution in [0.5, 0.6) is 0 Å². The van der Waals surface area contributed by atoms with Crippen LogP contribution in [0.3, 0.4) is 0 Å². The summed E-state index contributed by atoms with van der Waals surface area (Å²) in [6.07, 6.45) is -3.26. The number of carbonyl (C=O) groups excluding carboxylic acids is 1. The molecule has 10 nitrogen and oxygen atoms in total. The maximum Gasteiger partial charge on any atom is 0.417 e. The number of nitrogens with zero attached hydrogens (tertiary/aromatic N) is 4. The van der Waals surface area contributed by atoms with Crippen molar-refractivity contribution < 1.29 is 22.9 Å². The van der Waals surface area contributed by atoms with E-state index < -0.39 is 44.9 Å². The molecule has 0 aliphatic rings. The lowest BCUT2D eigenvalue weighted by Crippen LogP contribution is -2.30. The topological polar surface area (TPSA) is 135 Å². The zero-order valence-corrected chi connectivity index (χ0v) is 17.0. The third-order valence-corrected chi connectivity index (χ3v) is 4.44. The van der Waals surface area contributed by atoms with Crippen molar-refractivity contribution in [1.29, 1.82) is 0 Å². The molecular formula is C17H10Cl2F3N7O3. The van der Waals surface area contributed by atoms with Gasteiger partial charge in [-0.1, -0.05) is 35.3 Å². The maximum absolute atomic E-state index is 12.8. The number of nitrogens with one attached hydrogen (secondary N) is 3. The summed E-state index contributed by atoms with van der Waals surface area (Å²) in [7, 11) is 0. The lowest BCUT2D eigenvalue weighted by Gasteiger charge is -2.12. The number of anilines is 3. The maximum atomic E-state index is 12.8. The first kappa shape index (κ1) is 23.0. The molecule has 0 bridgehead atoms. The Morgan fingerprint density at radius 1 is 1.03 bits per heavy atom. The summed E-state index contributed by atoms with van der Waals surface area (Å²) in [5, 5.41) is 13.7. The van der Waals surface area contributed by atoms with Gasteiger partial charge < -0.3 is 5.32 Å². The first-order valence-electron chi connectivity index (χ1n) is 8.38. The number of hydrogen-bond acceptors (Lipinski definition) is 8. The van der Waals surface area contributed by atoms with Crippen LogP contribution in [0.2, 0.25) is 10.0 Å². The second-order valence-corrected chi connectivity index (χ2v) is 6.73. The van der Waals surface area contributed by atoms with Gasteiger partial charge in [0.1, 0.15) is 6.33 Å². The predicted octanol–water partition coefficient (Wildman–Crippen LogP) is 4.61. The number of amides is 1. The van der Waals surface area contributed by atoms with Gasteiger partial charge in [-0.15, -0.1) is 0 Å². The van der Waals surface area contributed by atoms with E-state index >= 15 is 0 Å². The zero-order valence-electron chi connectivity index (χ0n) is 15.4. The fourth-order valence-electron chi connectivity index (χ4n) is 2.36. The van der Waals surface area contributed by atoms with E-state index in [0.717, 1.165) is 6.33 Å². The molecule has 3 aromatic rings. The van der Waals surface area contributed by atoms with Gasteiger partial charge in [0, 0.05) is 6.20 Å². The Labute approximate surface area is 186 Å². The van der Waals surface area contributed by atoms with Gasteiger partial charge in [-0.3, -0.25) is 25.8 Å². The molecule has 3 N–H and O–H groups in total. The van der Waals surface area contributed by atoms with Crippen molar-refractivity contribution in [2.75, 3.05) is 10.7 Å². The van der Waals surface area contributed by atoms with E-state index in [2.05, 4.69) is 31.1 Å². The van der Waals surface area contributed by atoms with Crippen molar-refractivity contribution in [3.63, 3.8) is 0 Å². The van der Waals surface area contributed by atoms with Crippen LogP contribution in [0.4, 0.5) is 36.3 Å². The number of carbonyl (C=O) groups is 1. The molecular weight excluding hydrogens is 478 g/mol. The van der Waals surface area contributed by atoms with Gasteiger partial charge in [0.05, 0.1) is 26.1 Å². The van der Waals surface area contributed by atoms with Gasteiger partial charge in [-0.05, 0) is 18.2 Å². The van der Waals surface area contributed by atoms with E-state index in [4.69, 9.17) is 23.2 Å². The van der Waals surface area contributed by atoms with Crippen molar-refractivity contribution >= 4 is 52.3 Å². The van der Waals surface area contributed by atoms with E-state index in [1.165, 1.54) is 12.1 Å². The highest BCUT2D eigenvalue weighted by molar-refractivity contribution is 6.34. The first-order valence-corrected chi connectivity index (χ1v) is 9.13. The SMILES string of the molecule is O=C(NNc1ncnc(Nc2ncc(C(F)(F)F)cc2Cl)c1[N+](=O)[O-])c1ccccc1Cl. The molecule has 1 aromatic carbocycles. The monoisotopic (exact) mass is 487 g/mol. The predicted molar refractivity (Wildman–Crippen MR) is 109 cm³/mol. The van der Waals surface area contributed by atoms with Crippen molar-refractivity contribution in [3.8, 4) is 0 Å². The molecule has 3 rings (SSSR count). The third-order valence-electron chi connectivity index (χ3n) is 3.82. The van der Waals surface area contributed by atoms with Crippen LogP contribution in [0.1, 0.15) is 15.9 Å². The van der Waals surface area contributed by atoms with Gasteiger partial charge in [-0.25, -0.2) is 15.0 Å². The van der Waals surface area contributed by atoms with Crippen LogP contribution >= 0.6 is 23.2 Å². The summed E-state index contributed by atoms with van der Waals surface area (Å²) in [4.78, 5) is 33.9. The normalized spacial score (nSPS) is 11.0. The quantitative estimate of drug-likeness (QED) is 0.338. The summed E-state index contributed by atoms with van der Waals surface area (Å²) in [5.74, 6) is -1.87. The molecule has 0 fully saturated rings. The Kier molecular flexibility index (Phi) is 6.60. The molecule has 15 heteroatoms. The van der Waals surface area contributed by atoms with E-state index in [9.17, 15) is 28.1 Å². The van der Waals surface area contributed by atoms with Crippen molar-refractivity contribution in [1.82, 2.24) is 20.4 Å². The summed E-state index contributed by atoms with van der Waals surface area (Å²) in [5.41, 5.74) is 2.77. The average Bonchev–Trinajstić information content (AvgIpc) is 2.73. The molecule has 0 saturated heterocycles. The highest BCUT2D eigenvalue weighted by atomic mass is 35.5. The van der Waals surface area contributed by atoms with Crippen LogP contribution in [0, 0.1) is 10.1 Å². The van der Waals surface area contributed by atoms with Gasteiger partial charge in [0.25, 0.3) is 5.91 Å². The molecule has 32 heavy (non-hydrogen) atoms.